The largest absolute Gasteiger partial charge is 0.507 e. The molecule has 0 radical (unpaired) electrons. The Hall–Kier alpha value is -2.04. The summed E-state index contributed by atoms with van der Waals surface area (Å²) in [4.78, 5) is 23.0. The highest BCUT2D eigenvalue weighted by atomic mass is 16.4. The lowest BCUT2D eigenvalue weighted by Gasteiger charge is -2.26. The number of carboxylic acid groups (broad SMARTS) is 1. The molecule has 1 aliphatic rings. The average molecular weight is 291 g/mol. The van der Waals surface area contributed by atoms with Crippen molar-refractivity contribution < 1.29 is 19.8 Å². The number of aliphatic carboxylic acids is 1. The number of carbonyl (C=O) groups is 2. The van der Waals surface area contributed by atoms with Gasteiger partial charge in [0.1, 0.15) is 5.75 Å². The zero-order valence-corrected chi connectivity index (χ0v) is 12.1. The van der Waals surface area contributed by atoms with E-state index < -0.39 is 5.97 Å². The van der Waals surface area contributed by atoms with Crippen LogP contribution in [0.15, 0.2) is 18.2 Å². The van der Waals surface area contributed by atoms with Crippen molar-refractivity contribution in [2.45, 2.75) is 32.6 Å². The van der Waals surface area contributed by atoms with E-state index in [-0.39, 0.29) is 23.1 Å². The summed E-state index contributed by atoms with van der Waals surface area (Å²) in [6.07, 6.45) is 2.98. The predicted octanol–water partition coefficient (Wildman–Crippen LogP) is 2.32. The molecule has 0 heterocycles. The number of nitrogens with one attached hydrogen (secondary N) is 1. The van der Waals surface area contributed by atoms with Crippen molar-refractivity contribution in [1.82, 2.24) is 5.32 Å². The first-order valence-corrected chi connectivity index (χ1v) is 7.28. The molecule has 21 heavy (non-hydrogen) atoms. The van der Waals surface area contributed by atoms with Crippen LogP contribution in [0.3, 0.4) is 0 Å². The molecular formula is C16H21NO4. The molecule has 1 amide bonds. The molecule has 0 bridgehead atoms. The van der Waals surface area contributed by atoms with Gasteiger partial charge < -0.3 is 15.5 Å². The number of benzene rings is 1. The zero-order valence-electron chi connectivity index (χ0n) is 12.1. The third-order valence-electron chi connectivity index (χ3n) is 4.14. The number of phenolic OH excluding ortho intramolecular Hbond substituents is 1. The van der Waals surface area contributed by atoms with Crippen LogP contribution in [0.2, 0.25) is 0 Å². The molecule has 5 nitrogen and oxygen atoms in total. The Kier molecular flexibility index (Phi) is 4.83. The molecule has 1 saturated carbocycles. The minimum absolute atomic E-state index is 0.0207. The minimum Gasteiger partial charge on any atom is -0.507 e. The van der Waals surface area contributed by atoms with E-state index in [1.54, 1.807) is 12.1 Å². The van der Waals surface area contributed by atoms with Gasteiger partial charge in [-0.3, -0.25) is 9.59 Å². The van der Waals surface area contributed by atoms with Gasteiger partial charge in [0, 0.05) is 6.54 Å². The van der Waals surface area contributed by atoms with Gasteiger partial charge in [-0.2, -0.15) is 0 Å². The number of carboxylic acids is 1. The summed E-state index contributed by atoms with van der Waals surface area (Å²) < 4.78 is 0. The second-order valence-electron chi connectivity index (χ2n) is 5.79. The van der Waals surface area contributed by atoms with Crippen molar-refractivity contribution in [3.05, 3.63) is 29.3 Å². The van der Waals surface area contributed by atoms with Crippen LogP contribution < -0.4 is 5.32 Å². The summed E-state index contributed by atoms with van der Waals surface area (Å²) in [5.74, 6) is -0.944. The van der Waals surface area contributed by atoms with Gasteiger partial charge in [0.15, 0.2) is 0 Å². The van der Waals surface area contributed by atoms with Crippen LogP contribution in [0, 0.1) is 18.8 Å². The minimum atomic E-state index is -0.720. The molecule has 1 aromatic rings. The number of hydrogen-bond donors (Lipinski definition) is 3. The van der Waals surface area contributed by atoms with E-state index in [1.807, 2.05) is 6.92 Å². The van der Waals surface area contributed by atoms with E-state index in [9.17, 15) is 14.7 Å². The van der Waals surface area contributed by atoms with Gasteiger partial charge in [-0.1, -0.05) is 11.6 Å². The van der Waals surface area contributed by atoms with Crippen molar-refractivity contribution in [2.75, 3.05) is 6.54 Å². The molecule has 0 aliphatic heterocycles. The van der Waals surface area contributed by atoms with Gasteiger partial charge in [0.05, 0.1) is 11.5 Å². The molecule has 0 unspecified atom stereocenters. The van der Waals surface area contributed by atoms with Crippen LogP contribution in [-0.2, 0) is 4.79 Å². The van der Waals surface area contributed by atoms with Crippen molar-refractivity contribution in [2.24, 2.45) is 11.8 Å². The Labute approximate surface area is 124 Å². The van der Waals surface area contributed by atoms with Crippen LogP contribution in [0.25, 0.3) is 0 Å². The summed E-state index contributed by atoms with van der Waals surface area (Å²) in [6.45, 7) is 2.39. The van der Waals surface area contributed by atoms with Crippen LogP contribution >= 0.6 is 0 Å². The van der Waals surface area contributed by atoms with Crippen molar-refractivity contribution >= 4 is 11.9 Å². The normalized spacial score (nSPS) is 21.8. The summed E-state index contributed by atoms with van der Waals surface area (Å²) in [6, 6.07) is 4.92. The lowest BCUT2D eigenvalue weighted by Crippen LogP contribution is -2.32. The lowest BCUT2D eigenvalue weighted by atomic mass is 9.82. The number of phenols is 1. The SMILES string of the molecule is Cc1ccc(O)c(C(=O)NCC2CCC(C(=O)O)CC2)c1. The molecule has 1 fully saturated rings. The number of carbonyl (C=O) groups excluding carboxylic acids is 1. The quantitative estimate of drug-likeness (QED) is 0.794. The highest BCUT2D eigenvalue weighted by molar-refractivity contribution is 5.96. The summed E-state index contributed by atoms with van der Waals surface area (Å²) in [5, 5.41) is 21.5. The Bertz CT molecular complexity index is 533. The van der Waals surface area contributed by atoms with Crippen LogP contribution in [-0.4, -0.2) is 28.6 Å². The van der Waals surface area contributed by atoms with E-state index in [1.165, 1.54) is 6.07 Å². The molecule has 0 aromatic heterocycles. The van der Waals surface area contributed by atoms with Crippen molar-refractivity contribution in [3.8, 4) is 5.75 Å². The fourth-order valence-electron chi connectivity index (χ4n) is 2.78. The standard InChI is InChI=1S/C16H21NO4/c1-10-2-7-14(18)13(8-10)15(19)17-9-11-3-5-12(6-4-11)16(20)21/h2,7-8,11-12,18H,3-6,9H2,1H3,(H,17,19)(H,20,21). The number of rotatable bonds is 4. The van der Waals surface area contributed by atoms with E-state index in [4.69, 9.17) is 5.11 Å². The van der Waals surface area contributed by atoms with E-state index in [2.05, 4.69) is 5.32 Å². The predicted molar refractivity (Wildman–Crippen MR) is 78.3 cm³/mol. The van der Waals surface area contributed by atoms with E-state index in [0.717, 1.165) is 18.4 Å². The second-order valence-corrected chi connectivity index (χ2v) is 5.79. The topological polar surface area (TPSA) is 86.6 Å². The Balaban J connectivity index is 1.85. The molecule has 1 aromatic carbocycles. The molecule has 5 heteroatoms. The highest BCUT2D eigenvalue weighted by Crippen LogP contribution is 2.28. The van der Waals surface area contributed by atoms with E-state index in [0.29, 0.717) is 25.3 Å². The Morgan fingerprint density at radius 1 is 1.24 bits per heavy atom. The molecular weight excluding hydrogens is 270 g/mol. The average Bonchev–Trinajstić information content (AvgIpc) is 2.47. The number of aryl methyl sites for hydroxylation is 1. The maximum Gasteiger partial charge on any atom is 0.306 e. The third-order valence-corrected chi connectivity index (χ3v) is 4.14. The van der Waals surface area contributed by atoms with Crippen molar-refractivity contribution in [3.63, 3.8) is 0 Å². The van der Waals surface area contributed by atoms with Crippen LogP contribution in [0.5, 0.6) is 5.75 Å². The van der Waals surface area contributed by atoms with E-state index >= 15 is 0 Å². The fourth-order valence-corrected chi connectivity index (χ4v) is 2.78. The lowest BCUT2D eigenvalue weighted by molar-refractivity contribution is -0.143. The first-order valence-electron chi connectivity index (χ1n) is 7.28. The maximum atomic E-state index is 12.1. The summed E-state index contributed by atoms with van der Waals surface area (Å²) in [5.41, 5.74) is 1.20. The van der Waals surface area contributed by atoms with Gasteiger partial charge in [0.25, 0.3) is 5.91 Å². The number of aromatic hydroxyl groups is 1. The molecule has 0 saturated heterocycles. The smallest absolute Gasteiger partial charge is 0.306 e. The molecule has 2 rings (SSSR count). The zero-order chi connectivity index (χ0) is 15.4. The third kappa shape index (κ3) is 3.97. The Morgan fingerprint density at radius 2 is 1.90 bits per heavy atom. The molecule has 3 N–H and O–H groups in total. The van der Waals surface area contributed by atoms with Gasteiger partial charge in [-0.05, 0) is 50.7 Å². The maximum absolute atomic E-state index is 12.1. The fraction of sp³-hybridized carbons (Fsp3) is 0.500. The second kappa shape index (κ2) is 6.61. The number of amides is 1. The molecule has 0 spiro atoms. The summed E-state index contributed by atoms with van der Waals surface area (Å²) >= 11 is 0. The molecule has 0 atom stereocenters. The van der Waals surface area contributed by atoms with Gasteiger partial charge in [-0.25, -0.2) is 0 Å². The first-order chi connectivity index (χ1) is 9.97. The Morgan fingerprint density at radius 3 is 2.52 bits per heavy atom. The van der Waals surface area contributed by atoms with Crippen molar-refractivity contribution in [1.29, 1.82) is 0 Å². The number of hydrogen-bond acceptors (Lipinski definition) is 3. The first kappa shape index (κ1) is 15.4. The molecule has 114 valence electrons. The van der Waals surface area contributed by atoms with Gasteiger partial charge >= 0.3 is 5.97 Å². The highest BCUT2D eigenvalue weighted by Gasteiger charge is 2.26. The summed E-state index contributed by atoms with van der Waals surface area (Å²) in [7, 11) is 0. The molecule has 1 aliphatic carbocycles. The van der Waals surface area contributed by atoms with Gasteiger partial charge in [0.2, 0.25) is 0 Å². The van der Waals surface area contributed by atoms with Crippen LogP contribution in [0.1, 0.15) is 41.6 Å². The monoisotopic (exact) mass is 291 g/mol. The van der Waals surface area contributed by atoms with Gasteiger partial charge in [-0.15, -0.1) is 0 Å². The van der Waals surface area contributed by atoms with Crippen LogP contribution in [0.4, 0.5) is 0 Å².